The van der Waals surface area contributed by atoms with E-state index < -0.39 is 24.6 Å². The molecule has 0 bridgehead atoms. The maximum Gasteiger partial charge on any atom is 0.203 e. The summed E-state index contributed by atoms with van der Waals surface area (Å²) in [7, 11) is 0. The zero-order valence-electron chi connectivity index (χ0n) is 13.1. The summed E-state index contributed by atoms with van der Waals surface area (Å²) in [6.07, 6.45) is -3.62. The summed E-state index contributed by atoms with van der Waals surface area (Å²) >= 11 is 0. The number of hydrogen-bond acceptors (Lipinski definition) is 6. The van der Waals surface area contributed by atoms with Gasteiger partial charge >= 0.3 is 0 Å². The lowest BCUT2D eigenvalue weighted by molar-refractivity contribution is -0.229. The van der Waals surface area contributed by atoms with E-state index in [4.69, 9.17) is 9.47 Å². The van der Waals surface area contributed by atoms with Crippen molar-refractivity contribution in [2.45, 2.75) is 31.0 Å². The molecule has 1 heterocycles. The highest BCUT2D eigenvalue weighted by Crippen LogP contribution is 2.31. The Kier molecular flexibility index (Phi) is 5.32. The van der Waals surface area contributed by atoms with Gasteiger partial charge in [0.15, 0.2) is 0 Å². The molecule has 1 aliphatic rings. The van der Waals surface area contributed by atoms with E-state index in [1.165, 1.54) is 0 Å². The number of aliphatic hydroxyl groups is 3. The van der Waals surface area contributed by atoms with Crippen LogP contribution in [0.4, 0.5) is 11.4 Å². The Hall–Kier alpha value is -2.12. The summed E-state index contributed by atoms with van der Waals surface area (Å²) in [6.45, 7) is -0.387. The lowest BCUT2D eigenvalue weighted by Gasteiger charge is -2.36. The Labute approximate surface area is 140 Å². The van der Waals surface area contributed by atoms with Gasteiger partial charge in [0.25, 0.3) is 0 Å². The first-order valence-electron chi connectivity index (χ1n) is 7.87. The number of aliphatic hydroxyl groups excluding tert-OH is 3. The van der Waals surface area contributed by atoms with Gasteiger partial charge in [-0.25, -0.2) is 0 Å². The standard InChI is InChI=1S/C18H21NO5/c20-11-16-18(22)14(21)10-17(24-16)23-15-9-5-4-8-13(15)19-12-6-2-1-3-7-12/h1-9,14,16-22H,10-11H2/t14-,16?,17-,18+/m1/s1. The van der Waals surface area contributed by atoms with E-state index in [0.717, 1.165) is 11.4 Å². The Morgan fingerprint density at radius 1 is 1.04 bits per heavy atom. The predicted molar refractivity (Wildman–Crippen MR) is 89.2 cm³/mol. The Balaban J connectivity index is 1.73. The number of anilines is 2. The van der Waals surface area contributed by atoms with Crippen LogP contribution in [-0.2, 0) is 4.74 Å². The lowest BCUT2D eigenvalue weighted by atomic mass is 10.0. The lowest BCUT2D eigenvalue weighted by Crippen LogP contribution is -2.51. The first kappa shape index (κ1) is 16.7. The third-order valence-corrected chi connectivity index (χ3v) is 3.91. The van der Waals surface area contributed by atoms with Gasteiger partial charge in [-0.2, -0.15) is 0 Å². The number of rotatable bonds is 5. The Bertz CT molecular complexity index is 651. The van der Waals surface area contributed by atoms with Crippen molar-refractivity contribution >= 4 is 11.4 Å². The average Bonchev–Trinajstić information content (AvgIpc) is 2.60. The van der Waals surface area contributed by atoms with Crippen molar-refractivity contribution in [3.05, 3.63) is 54.6 Å². The predicted octanol–water partition coefficient (Wildman–Crippen LogP) is 1.64. The molecule has 128 valence electrons. The number of hydrogen-bond donors (Lipinski definition) is 4. The molecule has 1 aliphatic heterocycles. The highest BCUT2D eigenvalue weighted by Gasteiger charge is 2.37. The van der Waals surface area contributed by atoms with Gasteiger partial charge in [0.05, 0.1) is 18.4 Å². The van der Waals surface area contributed by atoms with Crippen LogP contribution < -0.4 is 10.1 Å². The van der Waals surface area contributed by atoms with Crippen LogP contribution in [0.15, 0.2) is 54.6 Å². The van der Waals surface area contributed by atoms with Gasteiger partial charge in [0.2, 0.25) is 6.29 Å². The summed E-state index contributed by atoms with van der Waals surface area (Å²) < 4.78 is 11.4. The van der Waals surface area contributed by atoms with E-state index in [-0.39, 0.29) is 13.0 Å². The second kappa shape index (κ2) is 7.63. The summed E-state index contributed by atoms with van der Waals surface area (Å²) in [4.78, 5) is 0. The molecule has 3 rings (SSSR count). The van der Waals surface area contributed by atoms with Crippen LogP contribution in [0, 0.1) is 0 Å². The van der Waals surface area contributed by atoms with Crippen molar-refractivity contribution in [2.75, 3.05) is 11.9 Å². The number of ether oxygens (including phenoxy) is 2. The molecule has 2 aromatic rings. The van der Waals surface area contributed by atoms with Crippen LogP contribution in [0.5, 0.6) is 5.75 Å². The van der Waals surface area contributed by atoms with Crippen molar-refractivity contribution in [2.24, 2.45) is 0 Å². The molecule has 6 nitrogen and oxygen atoms in total. The van der Waals surface area contributed by atoms with Gasteiger partial charge in [-0.3, -0.25) is 0 Å². The fraction of sp³-hybridized carbons (Fsp3) is 0.333. The molecular weight excluding hydrogens is 310 g/mol. The van der Waals surface area contributed by atoms with E-state index in [2.05, 4.69) is 5.32 Å². The van der Waals surface area contributed by atoms with Gasteiger partial charge in [0.1, 0.15) is 18.0 Å². The largest absolute Gasteiger partial charge is 0.463 e. The molecule has 6 heteroatoms. The summed E-state index contributed by atoms with van der Waals surface area (Å²) in [5.41, 5.74) is 1.68. The molecule has 1 fully saturated rings. The van der Waals surface area contributed by atoms with Crippen molar-refractivity contribution in [3.8, 4) is 5.75 Å². The zero-order valence-corrected chi connectivity index (χ0v) is 13.1. The normalized spacial score (nSPS) is 26.8. The summed E-state index contributed by atoms with van der Waals surface area (Å²) in [5, 5.41) is 32.2. The van der Waals surface area contributed by atoms with Gasteiger partial charge in [-0.05, 0) is 24.3 Å². The molecule has 0 saturated carbocycles. The van der Waals surface area contributed by atoms with Crippen LogP contribution >= 0.6 is 0 Å². The van der Waals surface area contributed by atoms with E-state index >= 15 is 0 Å². The van der Waals surface area contributed by atoms with Gasteiger partial charge in [0, 0.05) is 12.1 Å². The molecule has 24 heavy (non-hydrogen) atoms. The monoisotopic (exact) mass is 331 g/mol. The maximum atomic E-state index is 9.90. The van der Waals surface area contributed by atoms with Crippen LogP contribution in [-0.4, -0.2) is 46.5 Å². The minimum Gasteiger partial charge on any atom is -0.463 e. The maximum absolute atomic E-state index is 9.90. The molecule has 0 amide bonds. The second-order valence-electron chi connectivity index (χ2n) is 5.69. The quantitative estimate of drug-likeness (QED) is 0.666. The third kappa shape index (κ3) is 3.85. The molecule has 0 aromatic heterocycles. The Morgan fingerprint density at radius 3 is 2.50 bits per heavy atom. The molecule has 0 radical (unpaired) electrons. The summed E-state index contributed by atoms with van der Waals surface area (Å²) in [5.74, 6) is 0.562. The number of nitrogens with one attached hydrogen (secondary N) is 1. The zero-order chi connectivity index (χ0) is 16.9. The smallest absolute Gasteiger partial charge is 0.203 e. The van der Waals surface area contributed by atoms with Crippen molar-refractivity contribution in [1.29, 1.82) is 0 Å². The molecular formula is C18H21NO5. The topological polar surface area (TPSA) is 91.2 Å². The first-order valence-corrected chi connectivity index (χ1v) is 7.87. The fourth-order valence-corrected chi connectivity index (χ4v) is 2.63. The van der Waals surface area contributed by atoms with Gasteiger partial charge < -0.3 is 30.1 Å². The van der Waals surface area contributed by atoms with E-state index in [1.54, 1.807) is 6.07 Å². The van der Waals surface area contributed by atoms with E-state index in [9.17, 15) is 15.3 Å². The molecule has 1 unspecified atom stereocenters. The minimum atomic E-state index is -1.12. The third-order valence-electron chi connectivity index (χ3n) is 3.91. The molecule has 4 N–H and O–H groups in total. The molecule has 0 spiro atoms. The Morgan fingerprint density at radius 2 is 1.75 bits per heavy atom. The SMILES string of the molecule is OCC1O[C@@H](Oc2ccccc2Nc2ccccc2)C[C@@H](O)[C@@H]1O. The molecule has 0 aliphatic carbocycles. The van der Waals surface area contributed by atoms with E-state index in [0.29, 0.717) is 5.75 Å². The van der Waals surface area contributed by atoms with Gasteiger partial charge in [-0.1, -0.05) is 30.3 Å². The highest BCUT2D eigenvalue weighted by molar-refractivity contribution is 5.66. The first-order chi connectivity index (χ1) is 11.7. The summed E-state index contributed by atoms with van der Waals surface area (Å²) in [6, 6.07) is 17.1. The molecule has 4 atom stereocenters. The molecule has 2 aromatic carbocycles. The van der Waals surface area contributed by atoms with Crippen molar-refractivity contribution < 1.29 is 24.8 Å². The fourth-order valence-electron chi connectivity index (χ4n) is 2.63. The average molecular weight is 331 g/mol. The van der Waals surface area contributed by atoms with Crippen molar-refractivity contribution in [3.63, 3.8) is 0 Å². The molecule has 1 saturated heterocycles. The van der Waals surface area contributed by atoms with Crippen LogP contribution in [0.3, 0.4) is 0 Å². The number of benzene rings is 2. The van der Waals surface area contributed by atoms with Crippen molar-refractivity contribution in [1.82, 2.24) is 0 Å². The number of para-hydroxylation sites is 3. The van der Waals surface area contributed by atoms with E-state index in [1.807, 2.05) is 48.5 Å². The minimum absolute atomic E-state index is 0.122. The highest BCUT2D eigenvalue weighted by atomic mass is 16.7. The van der Waals surface area contributed by atoms with Crippen LogP contribution in [0.1, 0.15) is 6.42 Å². The van der Waals surface area contributed by atoms with Gasteiger partial charge in [-0.15, -0.1) is 0 Å². The second-order valence-corrected chi connectivity index (χ2v) is 5.69. The van der Waals surface area contributed by atoms with Crippen LogP contribution in [0.2, 0.25) is 0 Å². The van der Waals surface area contributed by atoms with Crippen LogP contribution in [0.25, 0.3) is 0 Å².